The first-order chi connectivity index (χ1) is 23.4. The van der Waals surface area contributed by atoms with Gasteiger partial charge < -0.3 is 24.4 Å². The van der Waals surface area contributed by atoms with Crippen molar-refractivity contribution in [2.24, 2.45) is 11.8 Å². The van der Waals surface area contributed by atoms with Gasteiger partial charge in [0.25, 0.3) is 5.92 Å². The molecule has 1 saturated carbocycles. The summed E-state index contributed by atoms with van der Waals surface area (Å²) in [6.45, 7) is 11.5. The molecule has 1 aliphatic carbocycles. The Hall–Kier alpha value is -3.01. The molecule has 270 valence electrons. The molecule has 2 fully saturated rings. The van der Waals surface area contributed by atoms with E-state index in [4.69, 9.17) is 9.47 Å². The van der Waals surface area contributed by atoms with E-state index in [2.05, 4.69) is 55.2 Å². The molecule has 5 rings (SSSR count). The number of hydrogen-bond donors (Lipinski definition) is 1. The van der Waals surface area contributed by atoms with Crippen LogP contribution in [0.15, 0.2) is 48.6 Å². The number of ether oxygens (including phenoxy) is 2. The van der Waals surface area contributed by atoms with Crippen molar-refractivity contribution in [2.45, 2.75) is 90.3 Å². The Morgan fingerprint density at radius 1 is 1.20 bits per heavy atom. The van der Waals surface area contributed by atoms with E-state index in [-0.39, 0.29) is 31.0 Å². The average molecular weight is 682 g/mol. The van der Waals surface area contributed by atoms with E-state index < -0.39 is 12.0 Å². The Balaban J connectivity index is 1.33. The molecule has 2 aromatic carbocycles. The molecule has 2 aliphatic heterocycles. The zero-order valence-electron chi connectivity index (χ0n) is 30.2. The van der Waals surface area contributed by atoms with Crippen LogP contribution in [-0.4, -0.2) is 92.4 Å². The van der Waals surface area contributed by atoms with E-state index in [1.165, 1.54) is 16.7 Å². The van der Waals surface area contributed by atoms with Crippen molar-refractivity contribution in [1.29, 1.82) is 0 Å². The second kappa shape index (κ2) is 16.8. The second-order valence-electron chi connectivity index (χ2n) is 14.7. The smallest absolute Gasteiger partial charge is 0.272 e. The molecule has 3 aliphatic rings. The van der Waals surface area contributed by atoms with Crippen molar-refractivity contribution in [3.8, 4) is 5.75 Å². The normalized spacial score (nSPS) is 23.2. The molecule has 0 aromatic heterocycles. The molecular formula is C40H57F2N3O4. The van der Waals surface area contributed by atoms with Gasteiger partial charge in [0.2, 0.25) is 5.91 Å². The van der Waals surface area contributed by atoms with Crippen molar-refractivity contribution in [3.05, 3.63) is 70.8 Å². The van der Waals surface area contributed by atoms with Gasteiger partial charge in [-0.2, -0.15) is 0 Å². The van der Waals surface area contributed by atoms with Crippen LogP contribution in [0.25, 0.3) is 0 Å². The second-order valence-corrected chi connectivity index (χ2v) is 14.7. The van der Waals surface area contributed by atoms with Gasteiger partial charge in [0, 0.05) is 52.7 Å². The predicted molar refractivity (Wildman–Crippen MR) is 192 cm³/mol. The predicted octanol–water partition coefficient (Wildman–Crippen LogP) is 7.16. The van der Waals surface area contributed by atoms with Crippen LogP contribution in [0.5, 0.6) is 5.75 Å². The van der Waals surface area contributed by atoms with Crippen LogP contribution < -0.4 is 9.64 Å². The number of nitrogens with zero attached hydrogens (tertiary/aromatic N) is 3. The minimum atomic E-state index is -2.55. The number of aryl methyl sites for hydroxylation is 2. The monoisotopic (exact) mass is 681 g/mol. The van der Waals surface area contributed by atoms with Crippen molar-refractivity contribution in [2.75, 3.05) is 64.4 Å². The number of aliphatic hydroxyl groups excluding tert-OH is 1. The molecule has 1 N–H and O–H groups in total. The number of carbonyl (C=O) groups is 1. The first-order valence-electron chi connectivity index (χ1n) is 18.3. The molecule has 2 aromatic rings. The fourth-order valence-corrected chi connectivity index (χ4v) is 7.54. The van der Waals surface area contributed by atoms with E-state index in [1.807, 2.05) is 19.2 Å². The first-order valence-corrected chi connectivity index (χ1v) is 18.3. The number of fused-ring (bicyclic) bond motifs is 1. The van der Waals surface area contributed by atoms with Gasteiger partial charge in [-0.1, -0.05) is 55.3 Å². The number of alkyl halides is 2. The summed E-state index contributed by atoms with van der Waals surface area (Å²) < 4.78 is 39.7. The molecule has 0 radical (unpaired) electrons. The number of hydrogen-bond acceptors (Lipinski definition) is 6. The molecule has 49 heavy (non-hydrogen) atoms. The van der Waals surface area contributed by atoms with Crippen LogP contribution in [0.3, 0.4) is 0 Å². The van der Waals surface area contributed by atoms with Crippen molar-refractivity contribution in [3.63, 3.8) is 0 Å². The molecule has 9 heteroatoms. The fourth-order valence-electron chi connectivity index (χ4n) is 7.54. The number of carbonyl (C=O) groups excluding carboxylic acids is 1. The maximum atomic E-state index is 13.3. The number of aliphatic hydroxyl groups is 1. The van der Waals surface area contributed by atoms with E-state index >= 15 is 0 Å². The van der Waals surface area contributed by atoms with Crippen LogP contribution >= 0.6 is 0 Å². The van der Waals surface area contributed by atoms with Gasteiger partial charge >= 0.3 is 0 Å². The SMILES string of the molecule is CCCc1cc(C)ccc1C1COc2ccc(C(C)O)cc2N(CC2CCC2C(/C=C/CCN(C)C(C)=O)OCCCN2CC(F)(F)C2)C1. The number of halogens is 2. The summed E-state index contributed by atoms with van der Waals surface area (Å²) in [5, 5.41) is 10.5. The Labute approximate surface area is 292 Å². The minimum absolute atomic E-state index is 0.0445. The zero-order chi connectivity index (χ0) is 35.1. The molecule has 1 amide bonds. The summed E-state index contributed by atoms with van der Waals surface area (Å²) >= 11 is 0. The van der Waals surface area contributed by atoms with E-state index in [0.29, 0.717) is 44.6 Å². The lowest BCUT2D eigenvalue weighted by Gasteiger charge is -2.44. The summed E-state index contributed by atoms with van der Waals surface area (Å²) in [6, 6.07) is 12.9. The Morgan fingerprint density at radius 3 is 2.67 bits per heavy atom. The zero-order valence-corrected chi connectivity index (χ0v) is 30.2. The number of anilines is 1. The maximum absolute atomic E-state index is 13.3. The van der Waals surface area contributed by atoms with Crippen molar-refractivity contribution in [1.82, 2.24) is 9.80 Å². The first kappa shape index (κ1) is 37.3. The Bertz CT molecular complexity index is 1420. The lowest BCUT2D eigenvalue weighted by Crippen LogP contribution is -2.56. The number of amides is 1. The summed E-state index contributed by atoms with van der Waals surface area (Å²) in [6.07, 6.45) is 9.34. The number of benzene rings is 2. The molecule has 2 heterocycles. The van der Waals surface area contributed by atoms with Gasteiger partial charge in [0.05, 0.1) is 37.6 Å². The lowest BCUT2D eigenvalue weighted by atomic mass is 9.70. The van der Waals surface area contributed by atoms with Gasteiger partial charge in [0.1, 0.15) is 5.75 Å². The highest BCUT2D eigenvalue weighted by molar-refractivity contribution is 5.72. The quantitative estimate of drug-likeness (QED) is 0.150. The summed E-state index contributed by atoms with van der Waals surface area (Å²) in [5.41, 5.74) is 5.92. The molecule has 5 atom stereocenters. The summed E-state index contributed by atoms with van der Waals surface area (Å²) in [5.74, 6) is -0.757. The third-order valence-corrected chi connectivity index (χ3v) is 10.6. The van der Waals surface area contributed by atoms with Crippen molar-refractivity contribution < 1.29 is 28.2 Å². The largest absolute Gasteiger partial charge is 0.491 e. The summed E-state index contributed by atoms with van der Waals surface area (Å²) in [4.78, 5) is 17.7. The highest BCUT2D eigenvalue weighted by Gasteiger charge is 2.43. The van der Waals surface area contributed by atoms with Gasteiger partial charge in [-0.15, -0.1) is 0 Å². The average Bonchev–Trinajstić information content (AvgIpc) is 3.21. The van der Waals surface area contributed by atoms with Crippen LogP contribution in [0.2, 0.25) is 0 Å². The van der Waals surface area contributed by atoms with E-state index in [0.717, 1.165) is 62.2 Å². The van der Waals surface area contributed by atoms with Crippen LogP contribution in [0.1, 0.15) is 87.2 Å². The molecule has 0 bridgehead atoms. The Kier molecular flexibility index (Phi) is 12.8. The standard InChI is InChI=1S/C40H57F2N3O4/c1-6-10-32-21-28(2)12-15-35(32)34-24-45(37-22-31(29(3)46)14-17-39(37)49-25-34)23-33-13-16-36(33)38(11-7-8-18-43(5)30(4)47)48-20-9-19-44-26-40(41,42)27-44/h7,11-12,14-15,17,21-22,29,33-34,36,38,46H,6,8-10,13,16,18-20,23-27H2,1-5H3/b11-7+. The maximum Gasteiger partial charge on any atom is 0.272 e. The van der Waals surface area contributed by atoms with Gasteiger partial charge in [-0.3, -0.25) is 9.69 Å². The Morgan fingerprint density at radius 2 is 2.00 bits per heavy atom. The van der Waals surface area contributed by atoms with Crippen LogP contribution in [0.4, 0.5) is 14.5 Å². The third-order valence-electron chi connectivity index (χ3n) is 10.6. The fraction of sp³-hybridized carbons (Fsp3) is 0.625. The van der Waals surface area contributed by atoms with Crippen molar-refractivity contribution >= 4 is 11.6 Å². The molecule has 1 saturated heterocycles. The highest BCUT2D eigenvalue weighted by Crippen LogP contribution is 2.43. The van der Waals surface area contributed by atoms with E-state index in [1.54, 1.807) is 23.6 Å². The van der Waals surface area contributed by atoms with Crippen LogP contribution in [0, 0.1) is 18.8 Å². The van der Waals surface area contributed by atoms with Gasteiger partial charge in [0.15, 0.2) is 0 Å². The van der Waals surface area contributed by atoms with Crippen LogP contribution in [-0.2, 0) is 16.0 Å². The number of likely N-dealkylation sites (tertiary alicyclic amines) is 1. The lowest BCUT2D eigenvalue weighted by molar-refractivity contribution is -0.132. The molecular weight excluding hydrogens is 624 g/mol. The molecule has 7 nitrogen and oxygen atoms in total. The highest BCUT2D eigenvalue weighted by atomic mass is 19.3. The van der Waals surface area contributed by atoms with E-state index in [9.17, 15) is 18.7 Å². The molecule has 0 spiro atoms. The van der Waals surface area contributed by atoms with Gasteiger partial charge in [-0.25, -0.2) is 8.78 Å². The third kappa shape index (κ3) is 9.83. The number of rotatable bonds is 16. The topological polar surface area (TPSA) is 65.5 Å². The minimum Gasteiger partial charge on any atom is -0.491 e. The molecule has 5 unspecified atom stereocenters. The summed E-state index contributed by atoms with van der Waals surface area (Å²) in [7, 11) is 1.81. The van der Waals surface area contributed by atoms with Gasteiger partial charge in [-0.05, 0) is 86.6 Å².